The first-order valence-corrected chi connectivity index (χ1v) is 7.89. The van der Waals surface area contributed by atoms with Gasteiger partial charge in [-0.3, -0.25) is 0 Å². The fourth-order valence-corrected chi connectivity index (χ4v) is 3.54. The Morgan fingerprint density at radius 3 is 2.84 bits per heavy atom. The van der Waals surface area contributed by atoms with Crippen molar-refractivity contribution in [2.24, 2.45) is 0 Å². The lowest BCUT2D eigenvalue weighted by molar-refractivity contribution is 0.337. The Balaban J connectivity index is 2.10. The minimum atomic E-state index is -3.61. The Kier molecular flexibility index (Phi) is 4.54. The van der Waals surface area contributed by atoms with Gasteiger partial charge in [-0.05, 0) is 37.6 Å². The highest BCUT2D eigenvalue weighted by atomic mass is 32.2. The second-order valence-electron chi connectivity index (χ2n) is 4.89. The molecule has 0 spiro atoms. The molecular weight excluding hydrogens is 267 g/mol. The van der Waals surface area contributed by atoms with Crippen molar-refractivity contribution in [1.29, 1.82) is 0 Å². The van der Waals surface area contributed by atoms with Gasteiger partial charge in [0.1, 0.15) is 5.82 Å². The van der Waals surface area contributed by atoms with E-state index in [1.807, 2.05) is 0 Å². The Morgan fingerprint density at radius 2 is 2.21 bits per heavy atom. The molecule has 1 saturated heterocycles. The van der Waals surface area contributed by atoms with Gasteiger partial charge >= 0.3 is 0 Å². The predicted molar refractivity (Wildman–Crippen MR) is 71.9 cm³/mol. The third kappa shape index (κ3) is 3.52. The molecule has 1 unspecified atom stereocenters. The molecule has 0 bridgehead atoms. The average Bonchev–Trinajstić information content (AvgIpc) is 2.40. The molecule has 0 radical (unpaired) electrons. The van der Waals surface area contributed by atoms with Crippen LogP contribution in [-0.2, 0) is 10.0 Å². The maximum absolute atomic E-state index is 13.1. The molecular formula is C13H19FN2O2S. The van der Waals surface area contributed by atoms with Crippen LogP contribution in [0.25, 0.3) is 0 Å². The van der Waals surface area contributed by atoms with Gasteiger partial charge < -0.3 is 5.32 Å². The minimum Gasteiger partial charge on any atom is -0.313 e. The lowest BCUT2D eigenvalue weighted by atomic mass is 10.1. The average molecular weight is 286 g/mol. The summed E-state index contributed by atoms with van der Waals surface area (Å²) in [6.45, 7) is 1.34. The van der Waals surface area contributed by atoms with E-state index in [4.69, 9.17) is 0 Å². The fraction of sp³-hybridized carbons (Fsp3) is 0.538. The summed E-state index contributed by atoms with van der Waals surface area (Å²) in [7, 11) is -2.07. The van der Waals surface area contributed by atoms with Gasteiger partial charge in [0.25, 0.3) is 0 Å². The number of nitrogens with zero attached hydrogens (tertiary/aromatic N) is 1. The molecule has 0 aliphatic carbocycles. The molecule has 19 heavy (non-hydrogen) atoms. The number of hydrogen-bond donors (Lipinski definition) is 1. The largest absolute Gasteiger partial charge is 0.313 e. The van der Waals surface area contributed by atoms with Gasteiger partial charge in [-0.25, -0.2) is 12.8 Å². The molecule has 1 aromatic rings. The first kappa shape index (κ1) is 14.4. The number of sulfonamides is 1. The molecule has 1 aliphatic rings. The monoisotopic (exact) mass is 286 g/mol. The lowest BCUT2D eigenvalue weighted by Gasteiger charge is -2.27. The van der Waals surface area contributed by atoms with Gasteiger partial charge in [0.2, 0.25) is 10.0 Å². The lowest BCUT2D eigenvalue weighted by Crippen LogP contribution is -2.44. The van der Waals surface area contributed by atoms with Gasteiger partial charge in [0.05, 0.1) is 4.90 Å². The molecule has 0 amide bonds. The van der Waals surface area contributed by atoms with Gasteiger partial charge in [-0.1, -0.05) is 12.5 Å². The molecule has 106 valence electrons. The number of hydrogen-bond acceptors (Lipinski definition) is 3. The highest BCUT2D eigenvalue weighted by molar-refractivity contribution is 7.89. The molecule has 1 fully saturated rings. The molecule has 1 N–H and O–H groups in total. The molecule has 0 saturated carbocycles. The molecule has 1 heterocycles. The zero-order chi connectivity index (χ0) is 13.9. The van der Waals surface area contributed by atoms with E-state index in [2.05, 4.69) is 5.32 Å². The van der Waals surface area contributed by atoms with Crippen LogP contribution in [0.4, 0.5) is 4.39 Å². The van der Waals surface area contributed by atoms with Crippen LogP contribution in [0.3, 0.4) is 0 Å². The number of benzene rings is 1. The summed E-state index contributed by atoms with van der Waals surface area (Å²) >= 11 is 0. The van der Waals surface area contributed by atoms with E-state index in [0.717, 1.165) is 31.9 Å². The normalized spacial score (nSPS) is 20.7. The third-order valence-electron chi connectivity index (χ3n) is 3.39. The molecule has 1 atom stereocenters. The van der Waals surface area contributed by atoms with Crippen molar-refractivity contribution in [3.8, 4) is 0 Å². The number of likely N-dealkylation sites (N-methyl/N-ethyl adjacent to an activating group) is 1. The standard InChI is InChI=1S/C13H19FN2O2S/c1-16(10-12-6-2-3-8-15-12)19(17,18)13-7-4-5-11(14)9-13/h4-5,7,9,12,15H,2-3,6,8,10H2,1H3. The molecule has 4 nitrogen and oxygen atoms in total. The quantitative estimate of drug-likeness (QED) is 0.914. The summed E-state index contributed by atoms with van der Waals surface area (Å²) in [5.41, 5.74) is 0. The first-order chi connectivity index (χ1) is 9.00. The van der Waals surface area contributed by atoms with E-state index in [-0.39, 0.29) is 10.9 Å². The predicted octanol–water partition coefficient (Wildman–Crippen LogP) is 1.59. The summed E-state index contributed by atoms with van der Waals surface area (Å²) in [4.78, 5) is 0.00538. The van der Waals surface area contributed by atoms with E-state index >= 15 is 0 Å². The van der Waals surface area contributed by atoms with Crippen LogP contribution >= 0.6 is 0 Å². The van der Waals surface area contributed by atoms with Gasteiger partial charge in [-0.2, -0.15) is 4.31 Å². The first-order valence-electron chi connectivity index (χ1n) is 6.45. The number of nitrogens with one attached hydrogen (secondary N) is 1. The second kappa shape index (κ2) is 5.98. The summed E-state index contributed by atoms with van der Waals surface area (Å²) < 4.78 is 39.0. The van der Waals surface area contributed by atoms with Gasteiger partial charge in [0.15, 0.2) is 0 Å². The van der Waals surface area contributed by atoms with Crippen LogP contribution < -0.4 is 5.32 Å². The van der Waals surface area contributed by atoms with Gasteiger partial charge in [0, 0.05) is 19.6 Å². The van der Waals surface area contributed by atoms with E-state index in [0.29, 0.717) is 6.54 Å². The molecule has 6 heteroatoms. The van der Waals surface area contributed by atoms with Crippen LogP contribution in [0.2, 0.25) is 0 Å². The van der Waals surface area contributed by atoms with Crippen molar-refractivity contribution in [3.63, 3.8) is 0 Å². The Bertz CT molecular complexity index is 527. The minimum absolute atomic E-state index is 0.00538. The Morgan fingerprint density at radius 1 is 1.42 bits per heavy atom. The highest BCUT2D eigenvalue weighted by Crippen LogP contribution is 2.17. The van der Waals surface area contributed by atoms with E-state index in [9.17, 15) is 12.8 Å². The number of piperidine rings is 1. The summed E-state index contributed by atoms with van der Waals surface area (Å²) in [6, 6.07) is 5.31. The van der Waals surface area contributed by atoms with Crippen molar-refractivity contribution in [3.05, 3.63) is 30.1 Å². The van der Waals surface area contributed by atoms with Gasteiger partial charge in [-0.15, -0.1) is 0 Å². The summed E-state index contributed by atoms with van der Waals surface area (Å²) in [6.07, 6.45) is 3.23. The van der Waals surface area contributed by atoms with Crippen molar-refractivity contribution in [2.45, 2.75) is 30.2 Å². The third-order valence-corrected chi connectivity index (χ3v) is 5.21. The van der Waals surface area contributed by atoms with Crippen molar-refractivity contribution < 1.29 is 12.8 Å². The maximum atomic E-state index is 13.1. The van der Waals surface area contributed by atoms with Crippen LogP contribution in [-0.4, -0.2) is 38.9 Å². The van der Waals surface area contributed by atoms with Crippen molar-refractivity contribution >= 4 is 10.0 Å². The topological polar surface area (TPSA) is 49.4 Å². The fourth-order valence-electron chi connectivity index (χ4n) is 2.30. The van der Waals surface area contributed by atoms with E-state index in [1.54, 1.807) is 0 Å². The van der Waals surface area contributed by atoms with E-state index in [1.165, 1.54) is 29.6 Å². The smallest absolute Gasteiger partial charge is 0.242 e. The second-order valence-corrected chi connectivity index (χ2v) is 6.93. The Labute approximate surface area is 113 Å². The summed E-state index contributed by atoms with van der Waals surface area (Å²) in [5.74, 6) is -0.537. The molecule has 2 rings (SSSR count). The van der Waals surface area contributed by atoms with Crippen LogP contribution in [0.5, 0.6) is 0 Å². The van der Waals surface area contributed by atoms with Crippen molar-refractivity contribution in [1.82, 2.24) is 9.62 Å². The SMILES string of the molecule is CN(CC1CCCCN1)S(=O)(=O)c1cccc(F)c1. The van der Waals surface area contributed by atoms with Crippen LogP contribution in [0.1, 0.15) is 19.3 Å². The molecule has 0 aromatic heterocycles. The van der Waals surface area contributed by atoms with Crippen LogP contribution in [0, 0.1) is 5.82 Å². The zero-order valence-corrected chi connectivity index (χ0v) is 11.8. The zero-order valence-electron chi connectivity index (χ0n) is 11.0. The maximum Gasteiger partial charge on any atom is 0.242 e. The number of halogens is 1. The van der Waals surface area contributed by atoms with Crippen LogP contribution in [0.15, 0.2) is 29.2 Å². The molecule has 1 aromatic carbocycles. The van der Waals surface area contributed by atoms with E-state index < -0.39 is 15.8 Å². The Hall–Kier alpha value is -0.980. The highest BCUT2D eigenvalue weighted by Gasteiger charge is 2.24. The van der Waals surface area contributed by atoms with Crippen molar-refractivity contribution in [2.75, 3.05) is 20.1 Å². The number of rotatable bonds is 4. The summed E-state index contributed by atoms with van der Waals surface area (Å²) in [5, 5.41) is 3.30. The molecule has 1 aliphatic heterocycles.